The fourth-order valence-electron chi connectivity index (χ4n) is 1.51. The zero-order valence-electron chi connectivity index (χ0n) is 10.3. The predicted molar refractivity (Wildman–Crippen MR) is 71.9 cm³/mol. The van der Waals surface area contributed by atoms with E-state index in [1.165, 1.54) is 23.5 Å². The first-order chi connectivity index (χ1) is 9.70. The molecule has 0 fully saturated rings. The van der Waals surface area contributed by atoms with E-state index in [4.69, 9.17) is 4.74 Å². The Morgan fingerprint density at radius 2 is 2.20 bits per heavy atom. The van der Waals surface area contributed by atoms with E-state index < -0.39 is 11.2 Å². The van der Waals surface area contributed by atoms with E-state index in [1.807, 2.05) is 0 Å². The minimum atomic E-state index is -0.623. The van der Waals surface area contributed by atoms with Gasteiger partial charge >= 0.3 is 0 Å². The van der Waals surface area contributed by atoms with E-state index >= 15 is 0 Å². The second-order valence-electron chi connectivity index (χ2n) is 3.77. The van der Waals surface area contributed by atoms with Gasteiger partial charge in [-0.25, -0.2) is 4.98 Å². The predicted octanol–water partition coefficient (Wildman–Crippen LogP) is 2.01. The maximum Gasteiger partial charge on any atom is 0.269 e. The fraction of sp³-hybridized carbons (Fsp3) is 0.167. The topological polar surface area (TPSA) is 94.4 Å². The van der Waals surface area contributed by atoms with E-state index in [9.17, 15) is 14.9 Å². The van der Waals surface area contributed by atoms with Gasteiger partial charge in [0.25, 0.3) is 5.69 Å². The Labute approximate surface area is 118 Å². The van der Waals surface area contributed by atoms with E-state index in [-0.39, 0.29) is 12.3 Å². The quantitative estimate of drug-likeness (QED) is 0.365. The second-order valence-corrected chi connectivity index (χ2v) is 4.70. The highest BCUT2D eigenvalue weighted by Gasteiger charge is 2.14. The number of thiazole rings is 1. The number of benzene rings is 1. The maximum absolute atomic E-state index is 10.6. The number of hydrogen-bond donors (Lipinski definition) is 1. The normalized spacial score (nSPS) is 11.8. The summed E-state index contributed by atoms with van der Waals surface area (Å²) < 4.78 is 5.55. The molecule has 7 nitrogen and oxygen atoms in total. The second kappa shape index (κ2) is 6.73. The van der Waals surface area contributed by atoms with Gasteiger partial charge in [-0.2, -0.15) is 0 Å². The molecule has 2 rings (SSSR count). The van der Waals surface area contributed by atoms with Gasteiger partial charge in [0.05, 0.1) is 11.5 Å². The summed E-state index contributed by atoms with van der Waals surface area (Å²) in [5.41, 5.74) is 0.793. The molecule has 0 bridgehead atoms. The Morgan fingerprint density at radius 1 is 1.45 bits per heavy atom. The number of non-ortho nitro benzene ring substituents is 1. The van der Waals surface area contributed by atoms with Gasteiger partial charge in [0, 0.05) is 23.7 Å². The first-order valence-corrected chi connectivity index (χ1v) is 6.52. The van der Waals surface area contributed by atoms with Crippen molar-refractivity contribution in [2.75, 3.05) is 0 Å². The number of nitrogens with zero attached hydrogens (tertiary/aromatic N) is 2. The van der Waals surface area contributed by atoms with Crippen LogP contribution in [0.5, 0.6) is 0 Å². The number of ether oxygens (including phenoxy) is 1. The Morgan fingerprint density at radius 3 is 2.75 bits per heavy atom. The molecule has 8 heteroatoms. The molecule has 1 N–H and O–H groups in total. The summed E-state index contributed by atoms with van der Waals surface area (Å²) in [5, 5.41) is 15.5. The minimum Gasteiger partial charge on any atom is -0.347 e. The molecule has 0 aliphatic rings. The summed E-state index contributed by atoms with van der Waals surface area (Å²) in [4.78, 5) is 24.7. The average Bonchev–Trinajstić information content (AvgIpc) is 2.98. The number of aromatic nitrogens is 1. The third-order valence-corrected chi connectivity index (χ3v) is 3.28. The SMILES string of the molecule is O=CNC(OCc1ccc([N+](=O)[O-])cc1)c1nccs1. The van der Waals surface area contributed by atoms with Crippen molar-refractivity contribution in [3.05, 3.63) is 56.5 Å². The smallest absolute Gasteiger partial charge is 0.269 e. The molecule has 20 heavy (non-hydrogen) atoms. The molecule has 1 atom stereocenters. The van der Waals surface area contributed by atoms with Crippen LogP contribution in [0, 0.1) is 10.1 Å². The molecular weight excluding hydrogens is 282 g/mol. The first-order valence-electron chi connectivity index (χ1n) is 5.64. The third kappa shape index (κ3) is 3.59. The Bertz CT molecular complexity index is 571. The van der Waals surface area contributed by atoms with Crippen LogP contribution in [0.1, 0.15) is 16.8 Å². The van der Waals surface area contributed by atoms with Crippen molar-refractivity contribution in [1.29, 1.82) is 0 Å². The monoisotopic (exact) mass is 293 g/mol. The van der Waals surface area contributed by atoms with Crippen molar-refractivity contribution in [3.63, 3.8) is 0 Å². The number of hydrogen-bond acceptors (Lipinski definition) is 6. The average molecular weight is 293 g/mol. The van der Waals surface area contributed by atoms with Crippen molar-refractivity contribution < 1.29 is 14.5 Å². The van der Waals surface area contributed by atoms with Crippen LogP contribution in [-0.4, -0.2) is 16.3 Å². The van der Waals surface area contributed by atoms with E-state index in [2.05, 4.69) is 10.3 Å². The molecule has 1 unspecified atom stereocenters. The largest absolute Gasteiger partial charge is 0.347 e. The molecule has 0 saturated carbocycles. The van der Waals surface area contributed by atoms with Crippen LogP contribution in [0.2, 0.25) is 0 Å². The number of nitro groups is 1. The minimum absolute atomic E-state index is 0.0243. The van der Waals surface area contributed by atoms with Crippen molar-refractivity contribution in [2.45, 2.75) is 12.8 Å². The standard InChI is InChI=1S/C12H11N3O4S/c16-8-14-11(12-13-5-6-20-12)19-7-9-1-3-10(4-2-9)15(17)18/h1-6,8,11H,7H2,(H,14,16). The summed E-state index contributed by atoms with van der Waals surface area (Å²) in [7, 11) is 0. The number of rotatable bonds is 7. The van der Waals surface area contributed by atoms with Gasteiger partial charge in [-0.1, -0.05) is 0 Å². The van der Waals surface area contributed by atoms with E-state index in [0.717, 1.165) is 5.56 Å². The Kier molecular flexibility index (Phi) is 4.75. The van der Waals surface area contributed by atoms with Crippen molar-refractivity contribution in [3.8, 4) is 0 Å². The zero-order valence-corrected chi connectivity index (χ0v) is 11.1. The number of amides is 1. The number of carbonyl (C=O) groups is 1. The summed E-state index contributed by atoms with van der Waals surface area (Å²) in [6, 6.07) is 6.03. The molecule has 1 amide bonds. The lowest BCUT2D eigenvalue weighted by atomic mass is 10.2. The van der Waals surface area contributed by atoms with Crippen LogP contribution in [0.15, 0.2) is 35.8 Å². The highest BCUT2D eigenvalue weighted by molar-refractivity contribution is 7.09. The summed E-state index contributed by atoms with van der Waals surface area (Å²) >= 11 is 1.37. The highest BCUT2D eigenvalue weighted by Crippen LogP contribution is 2.19. The lowest BCUT2D eigenvalue weighted by Crippen LogP contribution is -2.22. The van der Waals surface area contributed by atoms with Crippen molar-refractivity contribution >= 4 is 23.4 Å². The van der Waals surface area contributed by atoms with Crippen LogP contribution in [0.25, 0.3) is 0 Å². The van der Waals surface area contributed by atoms with Crippen molar-refractivity contribution in [2.24, 2.45) is 0 Å². The lowest BCUT2D eigenvalue weighted by Gasteiger charge is -2.14. The molecule has 1 aromatic heterocycles. The lowest BCUT2D eigenvalue weighted by molar-refractivity contribution is -0.384. The maximum atomic E-state index is 10.6. The zero-order chi connectivity index (χ0) is 14.4. The summed E-state index contributed by atoms with van der Waals surface area (Å²) in [5.74, 6) is 0. The van der Waals surface area contributed by atoms with Crippen LogP contribution >= 0.6 is 11.3 Å². The van der Waals surface area contributed by atoms with Gasteiger partial charge < -0.3 is 10.1 Å². The summed E-state index contributed by atoms with van der Waals surface area (Å²) in [6.45, 7) is 0.211. The molecule has 0 aliphatic heterocycles. The van der Waals surface area contributed by atoms with Gasteiger partial charge in [-0.15, -0.1) is 11.3 Å². The summed E-state index contributed by atoms with van der Waals surface area (Å²) in [6.07, 6.45) is 1.54. The molecule has 2 aromatic rings. The number of nitro benzene ring substituents is 1. The van der Waals surface area contributed by atoms with E-state index in [1.54, 1.807) is 23.7 Å². The molecule has 0 radical (unpaired) electrons. The van der Waals surface area contributed by atoms with Gasteiger partial charge in [0.15, 0.2) is 6.23 Å². The van der Waals surface area contributed by atoms with Crippen LogP contribution < -0.4 is 5.32 Å². The Hall–Kier alpha value is -2.32. The molecule has 0 spiro atoms. The Balaban J connectivity index is 1.98. The van der Waals surface area contributed by atoms with Crippen LogP contribution in [0.3, 0.4) is 0 Å². The fourth-order valence-corrected chi connectivity index (χ4v) is 2.15. The molecule has 0 aliphatic carbocycles. The van der Waals surface area contributed by atoms with Gasteiger partial charge in [0.1, 0.15) is 5.01 Å². The molecule has 104 valence electrons. The van der Waals surface area contributed by atoms with E-state index in [0.29, 0.717) is 11.4 Å². The molecule has 1 aromatic carbocycles. The highest BCUT2D eigenvalue weighted by atomic mass is 32.1. The van der Waals surface area contributed by atoms with Crippen LogP contribution in [0.4, 0.5) is 5.69 Å². The van der Waals surface area contributed by atoms with Gasteiger partial charge in [-0.05, 0) is 17.7 Å². The van der Waals surface area contributed by atoms with Crippen LogP contribution in [-0.2, 0) is 16.1 Å². The van der Waals surface area contributed by atoms with Gasteiger partial charge in [0.2, 0.25) is 6.41 Å². The number of nitrogens with one attached hydrogen (secondary N) is 1. The van der Waals surface area contributed by atoms with Crippen molar-refractivity contribution in [1.82, 2.24) is 10.3 Å². The molecule has 0 saturated heterocycles. The molecule has 1 heterocycles. The third-order valence-electron chi connectivity index (χ3n) is 2.46. The van der Waals surface area contributed by atoms with Gasteiger partial charge in [-0.3, -0.25) is 14.9 Å². The molecular formula is C12H11N3O4S. The number of carbonyl (C=O) groups excluding carboxylic acids is 1. The first kappa shape index (κ1) is 14.1.